The van der Waals surface area contributed by atoms with Crippen molar-refractivity contribution in [2.24, 2.45) is 0 Å². The predicted octanol–water partition coefficient (Wildman–Crippen LogP) is -0.165. The van der Waals surface area contributed by atoms with Crippen LogP contribution >= 0.6 is 0 Å². The van der Waals surface area contributed by atoms with Crippen molar-refractivity contribution in [3.8, 4) is 5.75 Å². The van der Waals surface area contributed by atoms with Gasteiger partial charge in [0.15, 0.2) is 0 Å². The molecule has 78 valence electrons. The Morgan fingerprint density at radius 3 is 2.36 bits per heavy atom. The highest BCUT2D eigenvalue weighted by molar-refractivity contribution is 5.31. The van der Waals surface area contributed by atoms with E-state index in [1.54, 1.807) is 18.2 Å². The van der Waals surface area contributed by atoms with E-state index in [1.165, 1.54) is 0 Å². The van der Waals surface area contributed by atoms with Crippen LogP contribution in [-0.4, -0.2) is 34.6 Å². The van der Waals surface area contributed by atoms with Crippen molar-refractivity contribution in [2.45, 2.75) is 12.6 Å². The van der Waals surface area contributed by atoms with Gasteiger partial charge in [0.05, 0.1) is 19.3 Å². The van der Waals surface area contributed by atoms with Gasteiger partial charge in [0.25, 0.3) is 0 Å². The zero-order valence-electron chi connectivity index (χ0n) is 7.85. The second-order valence-corrected chi connectivity index (χ2v) is 3.07. The quantitative estimate of drug-likeness (QED) is 0.529. The molecule has 4 N–H and O–H groups in total. The first kappa shape index (κ1) is 11.0. The third-order valence-electron chi connectivity index (χ3n) is 2.01. The highest BCUT2D eigenvalue weighted by Gasteiger charge is 2.05. The van der Waals surface area contributed by atoms with Crippen LogP contribution in [0.5, 0.6) is 5.75 Å². The molecule has 0 amide bonds. The van der Waals surface area contributed by atoms with E-state index < -0.39 is 0 Å². The highest BCUT2D eigenvalue weighted by atomic mass is 16.3. The lowest BCUT2D eigenvalue weighted by Gasteiger charge is -2.13. The number of benzene rings is 1. The molecule has 0 spiro atoms. The van der Waals surface area contributed by atoms with Gasteiger partial charge >= 0.3 is 0 Å². The van der Waals surface area contributed by atoms with Crippen LogP contribution in [0, 0.1) is 0 Å². The minimum atomic E-state index is -0.338. The Kier molecular flexibility index (Phi) is 4.39. The lowest BCUT2D eigenvalue weighted by atomic mass is 10.2. The molecule has 0 aliphatic carbocycles. The van der Waals surface area contributed by atoms with Gasteiger partial charge in [-0.3, -0.25) is 0 Å². The van der Waals surface area contributed by atoms with Gasteiger partial charge in [0.1, 0.15) is 5.75 Å². The summed E-state index contributed by atoms with van der Waals surface area (Å²) in [6.45, 7) is 0.187. The monoisotopic (exact) mass is 197 g/mol. The van der Waals surface area contributed by atoms with Crippen LogP contribution in [0.3, 0.4) is 0 Å². The molecule has 0 saturated heterocycles. The molecule has 0 heterocycles. The minimum absolute atomic E-state index is 0.121. The average molecular weight is 197 g/mol. The maximum absolute atomic E-state index is 9.40. The van der Waals surface area contributed by atoms with Gasteiger partial charge in [-0.15, -0.1) is 0 Å². The molecule has 1 aromatic carbocycles. The van der Waals surface area contributed by atoms with Crippen molar-refractivity contribution in [1.29, 1.82) is 0 Å². The zero-order valence-corrected chi connectivity index (χ0v) is 7.85. The summed E-state index contributed by atoms with van der Waals surface area (Å²) in [6.07, 6.45) is 0. The fourth-order valence-corrected chi connectivity index (χ4v) is 1.10. The average Bonchev–Trinajstić information content (AvgIpc) is 2.22. The molecular formula is C10H15NO3. The lowest BCUT2D eigenvalue weighted by molar-refractivity contribution is 0.170. The third kappa shape index (κ3) is 2.99. The minimum Gasteiger partial charge on any atom is -0.508 e. The summed E-state index contributed by atoms with van der Waals surface area (Å²) in [5, 5.41) is 29.9. The van der Waals surface area contributed by atoms with Crippen molar-refractivity contribution in [3.05, 3.63) is 29.8 Å². The SMILES string of the molecule is OCC(CO)NCc1ccccc1O. The number of hydrogen-bond donors (Lipinski definition) is 4. The summed E-state index contributed by atoms with van der Waals surface area (Å²) >= 11 is 0. The lowest BCUT2D eigenvalue weighted by Crippen LogP contribution is -2.35. The predicted molar refractivity (Wildman–Crippen MR) is 52.9 cm³/mol. The van der Waals surface area contributed by atoms with Crippen LogP contribution in [0.2, 0.25) is 0 Å². The Hall–Kier alpha value is -1.10. The van der Waals surface area contributed by atoms with Gasteiger partial charge in [0, 0.05) is 12.1 Å². The van der Waals surface area contributed by atoms with Gasteiger partial charge in [-0.1, -0.05) is 18.2 Å². The molecular weight excluding hydrogens is 182 g/mol. The third-order valence-corrected chi connectivity index (χ3v) is 2.01. The van der Waals surface area contributed by atoms with Crippen LogP contribution in [0.1, 0.15) is 5.56 Å². The summed E-state index contributed by atoms with van der Waals surface area (Å²) in [7, 11) is 0. The largest absolute Gasteiger partial charge is 0.508 e. The van der Waals surface area contributed by atoms with Crippen molar-refractivity contribution in [1.82, 2.24) is 5.32 Å². The Balaban J connectivity index is 2.49. The van der Waals surface area contributed by atoms with Gasteiger partial charge in [0.2, 0.25) is 0 Å². The van der Waals surface area contributed by atoms with Gasteiger partial charge < -0.3 is 20.6 Å². The first-order chi connectivity index (χ1) is 6.77. The van der Waals surface area contributed by atoms with Crippen LogP contribution in [0.25, 0.3) is 0 Å². The van der Waals surface area contributed by atoms with Crippen LogP contribution in [-0.2, 0) is 6.54 Å². The number of hydrogen-bond acceptors (Lipinski definition) is 4. The second kappa shape index (κ2) is 5.59. The standard InChI is InChI=1S/C10H15NO3/c12-6-9(7-13)11-5-8-3-1-2-4-10(8)14/h1-4,9,11-14H,5-7H2. The van der Waals surface area contributed by atoms with Crippen LogP contribution in [0.15, 0.2) is 24.3 Å². The molecule has 0 aliphatic rings. The zero-order chi connectivity index (χ0) is 10.4. The molecule has 4 heteroatoms. The Bertz CT molecular complexity index is 274. The van der Waals surface area contributed by atoms with E-state index in [9.17, 15) is 5.11 Å². The van der Waals surface area contributed by atoms with Gasteiger partial charge in [-0.05, 0) is 6.07 Å². The van der Waals surface area contributed by atoms with E-state index in [0.29, 0.717) is 6.54 Å². The summed E-state index contributed by atoms with van der Waals surface area (Å²) in [5.41, 5.74) is 0.749. The van der Waals surface area contributed by atoms with Crippen molar-refractivity contribution < 1.29 is 15.3 Å². The molecule has 0 bridgehead atoms. The fraction of sp³-hybridized carbons (Fsp3) is 0.400. The maximum atomic E-state index is 9.40. The number of aromatic hydroxyl groups is 1. The molecule has 0 radical (unpaired) electrons. The first-order valence-corrected chi connectivity index (χ1v) is 4.50. The normalized spacial score (nSPS) is 10.8. The number of para-hydroxylation sites is 1. The molecule has 0 fully saturated rings. The molecule has 0 atom stereocenters. The van der Waals surface area contributed by atoms with Crippen LogP contribution in [0.4, 0.5) is 0 Å². The molecule has 0 aromatic heterocycles. The van der Waals surface area contributed by atoms with E-state index in [0.717, 1.165) is 5.56 Å². The van der Waals surface area contributed by atoms with Gasteiger partial charge in [-0.25, -0.2) is 0 Å². The number of aliphatic hydroxyl groups excluding tert-OH is 2. The van der Waals surface area contributed by atoms with E-state index >= 15 is 0 Å². The summed E-state index contributed by atoms with van der Waals surface area (Å²) in [4.78, 5) is 0. The number of aliphatic hydroxyl groups is 2. The Labute approximate surface area is 82.8 Å². The molecule has 1 aromatic rings. The van der Waals surface area contributed by atoms with Gasteiger partial charge in [-0.2, -0.15) is 0 Å². The number of phenolic OH excluding ortho intramolecular Hbond substituents is 1. The van der Waals surface area contributed by atoms with E-state index in [-0.39, 0.29) is 25.0 Å². The smallest absolute Gasteiger partial charge is 0.120 e. The van der Waals surface area contributed by atoms with E-state index in [1.807, 2.05) is 6.07 Å². The number of phenols is 1. The van der Waals surface area contributed by atoms with Crippen molar-refractivity contribution in [2.75, 3.05) is 13.2 Å². The Morgan fingerprint density at radius 2 is 1.79 bits per heavy atom. The maximum Gasteiger partial charge on any atom is 0.120 e. The van der Waals surface area contributed by atoms with Crippen LogP contribution < -0.4 is 5.32 Å². The highest BCUT2D eigenvalue weighted by Crippen LogP contribution is 2.14. The number of nitrogens with one attached hydrogen (secondary N) is 1. The molecule has 0 saturated carbocycles. The topological polar surface area (TPSA) is 72.7 Å². The number of rotatable bonds is 5. The van der Waals surface area contributed by atoms with Crippen molar-refractivity contribution in [3.63, 3.8) is 0 Å². The molecule has 4 nitrogen and oxygen atoms in total. The summed E-state index contributed by atoms with van der Waals surface area (Å²) in [5.74, 6) is 0.217. The van der Waals surface area contributed by atoms with Crippen molar-refractivity contribution >= 4 is 0 Å². The van der Waals surface area contributed by atoms with E-state index in [2.05, 4.69) is 5.32 Å². The molecule has 14 heavy (non-hydrogen) atoms. The molecule has 0 unspecified atom stereocenters. The molecule has 0 aliphatic heterocycles. The Morgan fingerprint density at radius 1 is 1.14 bits per heavy atom. The summed E-state index contributed by atoms with van der Waals surface area (Å²) in [6, 6.07) is 6.62. The first-order valence-electron chi connectivity index (χ1n) is 4.50. The summed E-state index contributed by atoms with van der Waals surface area (Å²) < 4.78 is 0. The fourth-order valence-electron chi connectivity index (χ4n) is 1.10. The van der Waals surface area contributed by atoms with E-state index in [4.69, 9.17) is 10.2 Å². The molecule has 1 rings (SSSR count). The second-order valence-electron chi connectivity index (χ2n) is 3.07.